The summed E-state index contributed by atoms with van der Waals surface area (Å²) in [6.45, 7) is 5.94. The topological polar surface area (TPSA) is 80.8 Å². The maximum Gasteiger partial charge on any atom is 0.417 e. The first kappa shape index (κ1) is 28.4. The van der Waals surface area contributed by atoms with Crippen LogP contribution in [0.15, 0.2) is 48.2 Å². The molecule has 7 nitrogen and oxygen atoms in total. The van der Waals surface area contributed by atoms with Crippen molar-refractivity contribution in [2.24, 2.45) is 0 Å². The standard InChI is InChI=1S/C29H34F3N3O4/c1-28(2,3)39-27(37)35-15-5-8-24(35)26(36)34-22-12-9-19(10-13-22)16-20-6-4-7-23(17-20)38-25-14-11-21(18-33-25)29(30,31)32/h4,6-7,11,14,16-18,22,24H,5,8-10,12-13,15H2,1-3H3,(H,34,36)/t22?,24-/m0/s1. The highest BCUT2D eigenvalue weighted by molar-refractivity contribution is 5.86. The second-order valence-electron chi connectivity index (χ2n) is 11.0. The number of hydrogen-bond acceptors (Lipinski definition) is 5. The summed E-state index contributed by atoms with van der Waals surface area (Å²) in [5.74, 6) is 0.428. The number of halogens is 3. The maximum atomic E-state index is 13.0. The minimum atomic E-state index is -4.45. The molecule has 1 saturated heterocycles. The van der Waals surface area contributed by atoms with Crippen LogP contribution in [-0.2, 0) is 15.7 Å². The number of nitrogens with zero attached hydrogens (tertiary/aromatic N) is 2. The van der Waals surface area contributed by atoms with Crippen molar-refractivity contribution in [1.82, 2.24) is 15.2 Å². The van der Waals surface area contributed by atoms with Crippen molar-refractivity contribution < 1.29 is 32.2 Å². The molecule has 2 aromatic rings. The van der Waals surface area contributed by atoms with Gasteiger partial charge in [0.15, 0.2) is 0 Å². The molecule has 0 spiro atoms. The number of allylic oxidation sites excluding steroid dienone is 1. The summed E-state index contributed by atoms with van der Waals surface area (Å²) in [5.41, 5.74) is 0.707. The van der Waals surface area contributed by atoms with Gasteiger partial charge in [-0.15, -0.1) is 0 Å². The van der Waals surface area contributed by atoms with Crippen LogP contribution in [0.3, 0.4) is 0 Å². The summed E-state index contributed by atoms with van der Waals surface area (Å²) in [7, 11) is 0. The molecule has 1 aliphatic heterocycles. The number of benzene rings is 1. The monoisotopic (exact) mass is 545 g/mol. The first-order valence-electron chi connectivity index (χ1n) is 13.2. The van der Waals surface area contributed by atoms with E-state index in [1.54, 1.807) is 6.07 Å². The number of alkyl halides is 3. The number of likely N-dealkylation sites (tertiary alicyclic amines) is 1. The Morgan fingerprint density at radius 2 is 1.82 bits per heavy atom. The normalized spacial score (nSPS) is 19.9. The molecule has 2 amide bonds. The van der Waals surface area contributed by atoms with Gasteiger partial charge in [-0.2, -0.15) is 13.2 Å². The molecule has 0 radical (unpaired) electrons. The fourth-order valence-electron chi connectivity index (χ4n) is 4.79. The molecule has 2 aliphatic rings. The van der Waals surface area contributed by atoms with Crippen LogP contribution in [0.4, 0.5) is 18.0 Å². The molecule has 1 aromatic carbocycles. The second kappa shape index (κ2) is 11.7. The Morgan fingerprint density at radius 1 is 1.08 bits per heavy atom. The lowest BCUT2D eigenvalue weighted by atomic mass is 9.89. The molecule has 210 valence electrons. The number of carbonyl (C=O) groups is 2. The van der Waals surface area contributed by atoms with Gasteiger partial charge >= 0.3 is 12.3 Å². The molecular formula is C29H34F3N3O4. The largest absolute Gasteiger partial charge is 0.444 e. The molecule has 1 aromatic heterocycles. The van der Waals surface area contributed by atoms with Gasteiger partial charge in [0.2, 0.25) is 11.8 Å². The van der Waals surface area contributed by atoms with Crippen LogP contribution in [-0.4, -0.2) is 46.1 Å². The molecule has 1 saturated carbocycles. The van der Waals surface area contributed by atoms with Crippen LogP contribution in [0.2, 0.25) is 0 Å². The quantitative estimate of drug-likeness (QED) is 0.450. The van der Waals surface area contributed by atoms with Gasteiger partial charge in [0, 0.05) is 24.8 Å². The predicted molar refractivity (Wildman–Crippen MR) is 140 cm³/mol. The van der Waals surface area contributed by atoms with Crippen molar-refractivity contribution in [1.29, 1.82) is 0 Å². The van der Waals surface area contributed by atoms with E-state index in [4.69, 9.17) is 9.47 Å². The average molecular weight is 546 g/mol. The van der Waals surface area contributed by atoms with Crippen molar-refractivity contribution in [3.63, 3.8) is 0 Å². The maximum absolute atomic E-state index is 13.0. The van der Waals surface area contributed by atoms with E-state index in [9.17, 15) is 22.8 Å². The van der Waals surface area contributed by atoms with E-state index in [-0.39, 0.29) is 17.8 Å². The Labute approximate surface area is 226 Å². The molecule has 1 N–H and O–H groups in total. The number of rotatable bonds is 5. The fourth-order valence-corrected chi connectivity index (χ4v) is 4.79. The summed E-state index contributed by atoms with van der Waals surface area (Å²) < 4.78 is 49.4. The van der Waals surface area contributed by atoms with Crippen molar-refractivity contribution in [2.75, 3.05) is 6.54 Å². The van der Waals surface area contributed by atoms with Crippen LogP contribution in [0.25, 0.3) is 6.08 Å². The van der Waals surface area contributed by atoms with E-state index < -0.39 is 29.5 Å². The minimum absolute atomic E-state index is 0.0381. The van der Waals surface area contributed by atoms with Crippen molar-refractivity contribution >= 4 is 18.1 Å². The molecule has 2 heterocycles. The van der Waals surface area contributed by atoms with Gasteiger partial charge in [-0.3, -0.25) is 9.69 Å². The van der Waals surface area contributed by atoms with E-state index in [1.807, 2.05) is 39.0 Å². The Kier molecular flexibility index (Phi) is 8.51. The Bertz CT molecular complexity index is 1200. The lowest BCUT2D eigenvalue weighted by molar-refractivity contribution is -0.137. The first-order valence-corrected chi connectivity index (χ1v) is 13.2. The van der Waals surface area contributed by atoms with E-state index in [1.165, 1.54) is 16.5 Å². The summed E-state index contributed by atoms with van der Waals surface area (Å²) in [6.07, 6.45) is 2.55. The number of pyridine rings is 1. The first-order chi connectivity index (χ1) is 18.4. The van der Waals surface area contributed by atoms with Crippen molar-refractivity contribution in [3.8, 4) is 11.6 Å². The Balaban J connectivity index is 1.29. The number of nitrogens with one attached hydrogen (secondary N) is 1. The van der Waals surface area contributed by atoms with Gasteiger partial charge < -0.3 is 14.8 Å². The van der Waals surface area contributed by atoms with E-state index >= 15 is 0 Å². The zero-order valence-electron chi connectivity index (χ0n) is 22.4. The van der Waals surface area contributed by atoms with E-state index in [0.717, 1.165) is 49.9 Å². The van der Waals surface area contributed by atoms with Crippen LogP contribution < -0.4 is 10.1 Å². The summed E-state index contributed by atoms with van der Waals surface area (Å²) >= 11 is 0. The molecule has 1 atom stereocenters. The van der Waals surface area contributed by atoms with Crippen LogP contribution in [0, 0.1) is 0 Å². The molecule has 0 bridgehead atoms. The highest BCUT2D eigenvalue weighted by atomic mass is 19.4. The van der Waals surface area contributed by atoms with Crippen molar-refractivity contribution in [3.05, 3.63) is 59.3 Å². The van der Waals surface area contributed by atoms with Crippen LogP contribution in [0.1, 0.15) is 70.4 Å². The third-order valence-electron chi connectivity index (χ3n) is 6.67. The van der Waals surface area contributed by atoms with Crippen molar-refractivity contribution in [2.45, 2.75) is 83.2 Å². The van der Waals surface area contributed by atoms with Gasteiger partial charge in [-0.25, -0.2) is 9.78 Å². The van der Waals surface area contributed by atoms with E-state index in [0.29, 0.717) is 18.7 Å². The highest BCUT2D eigenvalue weighted by Crippen LogP contribution is 2.31. The second-order valence-corrected chi connectivity index (χ2v) is 11.0. The zero-order valence-corrected chi connectivity index (χ0v) is 22.4. The van der Waals surface area contributed by atoms with Crippen LogP contribution in [0.5, 0.6) is 11.6 Å². The number of carbonyl (C=O) groups excluding carboxylic acids is 2. The summed E-state index contributed by atoms with van der Waals surface area (Å²) in [4.78, 5) is 30.8. The van der Waals surface area contributed by atoms with Gasteiger partial charge in [0.1, 0.15) is 17.4 Å². The van der Waals surface area contributed by atoms with Gasteiger partial charge in [-0.1, -0.05) is 23.8 Å². The summed E-state index contributed by atoms with van der Waals surface area (Å²) in [5, 5.41) is 3.13. The molecule has 39 heavy (non-hydrogen) atoms. The smallest absolute Gasteiger partial charge is 0.417 e. The van der Waals surface area contributed by atoms with Gasteiger partial charge in [-0.05, 0) is 83.1 Å². The van der Waals surface area contributed by atoms with Crippen LogP contribution >= 0.6 is 0 Å². The van der Waals surface area contributed by atoms with Gasteiger partial charge in [0.25, 0.3) is 0 Å². The van der Waals surface area contributed by atoms with E-state index in [2.05, 4.69) is 16.4 Å². The lowest BCUT2D eigenvalue weighted by Gasteiger charge is -2.30. The number of ether oxygens (including phenoxy) is 2. The number of amides is 2. The number of aromatic nitrogens is 1. The summed E-state index contributed by atoms with van der Waals surface area (Å²) in [6, 6.07) is 8.95. The third-order valence-corrected chi connectivity index (χ3v) is 6.67. The lowest BCUT2D eigenvalue weighted by Crippen LogP contribution is -2.50. The molecule has 10 heteroatoms. The highest BCUT2D eigenvalue weighted by Gasteiger charge is 2.37. The fraction of sp³-hybridized carbons (Fsp3) is 0.483. The molecule has 4 rings (SSSR count). The molecule has 0 unspecified atom stereocenters. The third kappa shape index (κ3) is 7.97. The molecule has 1 aliphatic carbocycles. The SMILES string of the molecule is CC(C)(C)OC(=O)N1CCC[C@H]1C(=O)NC1CCC(=Cc2cccc(Oc3ccc(C(F)(F)F)cn3)c2)CC1. The predicted octanol–water partition coefficient (Wildman–Crippen LogP) is 6.73. The molecular weight excluding hydrogens is 511 g/mol. The zero-order chi connectivity index (χ0) is 28.2. The Morgan fingerprint density at radius 3 is 2.46 bits per heavy atom. The number of hydrogen-bond donors (Lipinski definition) is 1. The minimum Gasteiger partial charge on any atom is -0.444 e. The Hall–Kier alpha value is -3.56. The van der Waals surface area contributed by atoms with Gasteiger partial charge in [0.05, 0.1) is 5.56 Å². The molecule has 2 fully saturated rings. The average Bonchev–Trinajstić information content (AvgIpc) is 3.35.